The van der Waals surface area contributed by atoms with Gasteiger partial charge >= 0.3 is 0 Å². The predicted molar refractivity (Wildman–Crippen MR) is 110 cm³/mol. The Hall–Kier alpha value is -1.90. The van der Waals surface area contributed by atoms with Crippen LogP contribution in [0.2, 0.25) is 0 Å². The molecule has 5 nitrogen and oxygen atoms in total. The van der Waals surface area contributed by atoms with Crippen LogP contribution in [0.15, 0.2) is 41.1 Å². The van der Waals surface area contributed by atoms with Gasteiger partial charge in [0, 0.05) is 44.8 Å². The van der Waals surface area contributed by atoms with Gasteiger partial charge in [-0.25, -0.2) is 4.39 Å². The second-order valence-electron chi connectivity index (χ2n) is 6.95. The summed E-state index contributed by atoms with van der Waals surface area (Å²) in [6.07, 6.45) is 0. The van der Waals surface area contributed by atoms with Gasteiger partial charge in [-0.15, -0.1) is 11.8 Å². The van der Waals surface area contributed by atoms with Crippen LogP contribution in [-0.4, -0.2) is 71.5 Å². The van der Waals surface area contributed by atoms with Gasteiger partial charge in [-0.1, -0.05) is 6.07 Å². The number of hydrogen-bond acceptors (Lipinski definition) is 5. The van der Waals surface area contributed by atoms with Crippen LogP contribution in [0.25, 0.3) is 0 Å². The summed E-state index contributed by atoms with van der Waals surface area (Å²) in [5.41, 5.74) is 1.60. The number of thioether (sulfide) groups is 1. The fourth-order valence-corrected chi connectivity index (χ4v) is 5.59. The standard InChI is InChI=1S/C20H22FN3O2S2/c21-17-3-1-2-15(12-17)19(26)23-8-5-22(6-9-23)7-10-24-18(25)14-28-20(24)16-4-11-27-13-16/h1-4,11-13,20H,5-10,14H2. The molecule has 1 atom stereocenters. The van der Waals surface area contributed by atoms with Crippen LogP contribution in [0, 0.1) is 5.82 Å². The number of nitrogens with zero attached hydrogens (tertiary/aromatic N) is 3. The van der Waals surface area contributed by atoms with Crippen molar-refractivity contribution in [2.75, 3.05) is 45.0 Å². The Kier molecular flexibility index (Phi) is 5.99. The molecule has 0 spiro atoms. The van der Waals surface area contributed by atoms with Crippen molar-refractivity contribution in [2.45, 2.75) is 5.37 Å². The Morgan fingerprint density at radius 1 is 1.14 bits per heavy atom. The molecule has 1 unspecified atom stereocenters. The number of amides is 2. The first-order chi connectivity index (χ1) is 13.6. The zero-order valence-corrected chi connectivity index (χ0v) is 17.1. The third-order valence-electron chi connectivity index (χ3n) is 5.18. The van der Waals surface area contributed by atoms with Gasteiger partial charge in [0.15, 0.2) is 0 Å². The molecule has 0 N–H and O–H groups in total. The Bertz CT molecular complexity index is 838. The summed E-state index contributed by atoms with van der Waals surface area (Å²) in [4.78, 5) is 30.8. The highest BCUT2D eigenvalue weighted by molar-refractivity contribution is 8.00. The normalized spacial score (nSPS) is 20.8. The van der Waals surface area contributed by atoms with Gasteiger partial charge in [-0.2, -0.15) is 11.3 Å². The number of benzene rings is 1. The number of thiophene rings is 1. The molecule has 1 aromatic carbocycles. The second kappa shape index (κ2) is 8.63. The minimum Gasteiger partial charge on any atom is -0.336 e. The number of piperazine rings is 1. The number of carbonyl (C=O) groups is 2. The molecule has 0 aliphatic carbocycles. The molecule has 148 valence electrons. The van der Waals surface area contributed by atoms with Crippen LogP contribution in [0.5, 0.6) is 0 Å². The van der Waals surface area contributed by atoms with E-state index < -0.39 is 5.82 Å². The zero-order chi connectivity index (χ0) is 19.5. The maximum absolute atomic E-state index is 13.4. The van der Waals surface area contributed by atoms with Crippen LogP contribution in [0.1, 0.15) is 21.3 Å². The van der Waals surface area contributed by atoms with E-state index in [2.05, 4.69) is 16.3 Å². The summed E-state index contributed by atoms with van der Waals surface area (Å²) in [5, 5.41) is 4.28. The van der Waals surface area contributed by atoms with Gasteiger partial charge in [0.2, 0.25) is 5.91 Å². The molecule has 2 fully saturated rings. The Morgan fingerprint density at radius 3 is 2.68 bits per heavy atom. The molecule has 28 heavy (non-hydrogen) atoms. The molecular weight excluding hydrogens is 397 g/mol. The fraction of sp³-hybridized carbons (Fsp3) is 0.400. The molecule has 2 aliphatic heterocycles. The molecule has 2 saturated heterocycles. The molecule has 2 aromatic rings. The van der Waals surface area contributed by atoms with E-state index in [1.165, 1.54) is 17.7 Å². The largest absolute Gasteiger partial charge is 0.336 e. The van der Waals surface area contributed by atoms with Gasteiger partial charge in [-0.3, -0.25) is 14.5 Å². The van der Waals surface area contributed by atoms with Crippen molar-refractivity contribution in [3.63, 3.8) is 0 Å². The quantitative estimate of drug-likeness (QED) is 0.748. The summed E-state index contributed by atoms with van der Waals surface area (Å²) >= 11 is 3.34. The SMILES string of the molecule is O=C(c1cccc(F)c1)N1CCN(CCN2C(=O)CSC2c2ccsc2)CC1. The van der Waals surface area contributed by atoms with E-state index in [4.69, 9.17) is 0 Å². The predicted octanol–water partition coefficient (Wildman–Crippen LogP) is 2.92. The summed E-state index contributed by atoms with van der Waals surface area (Å²) in [7, 11) is 0. The molecular formula is C20H22FN3O2S2. The molecule has 3 heterocycles. The lowest BCUT2D eigenvalue weighted by atomic mass is 10.1. The van der Waals surface area contributed by atoms with Crippen LogP contribution in [0.3, 0.4) is 0 Å². The highest BCUT2D eigenvalue weighted by Gasteiger charge is 2.33. The smallest absolute Gasteiger partial charge is 0.254 e. The van der Waals surface area contributed by atoms with Crippen LogP contribution in [0.4, 0.5) is 4.39 Å². The van der Waals surface area contributed by atoms with Crippen molar-refractivity contribution in [3.8, 4) is 0 Å². The minimum atomic E-state index is -0.391. The van der Waals surface area contributed by atoms with Crippen molar-refractivity contribution < 1.29 is 14.0 Å². The highest BCUT2D eigenvalue weighted by atomic mass is 32.2. The maximum Gasteiger partial charge on any atom is 0.254 e. The Labute approximate surface area is 172 Å². The topological polar surface area (TPSA) is 43.9 Å². The number of halogens is 1. The van der Waals surface area contributed by atoms with Gasteiger partial charge in [0.25, 0.3) is 5.91 Å². The number of carbonyl (C=O) groups excluding carboxylic acids is 2. The van der Waals surface area contributed by atoms with E-state index in [-0.39, 0.29) is 17.2 Å². The highest BCUT2D eigenvalue weighted by Crippen LogP contribution is 2.39. The lowest BCUT2D eigenvalue weighted by Crippen LogP contribution is -2.50. The van der Waals surface area contributed by atoms with Gasteiger partial charge in [-0.05, 0) is 40.6 Å². The molecule has 4 rings (SSSR count). The molecule has 8 heteroatoms. The zero-order valence-electron chi connectivity index (χ0n) is 15.4. The van der Waals surface area contributed by atoms with E-state index in [9.17, 15) is 14.0 Å². The molecule has 2 aliphatic rings. The van der Waals surface area contributed by atoms with E-state index in [0.717, 1.165) is 19.6 Å². The van der Waals surface area contributed by atoms with E-state index >= 15 is 0 Å². The first-order valence-corrected chi connectivity index (χ1v) is 11.3. The Balaban J connectivity index is 1.29. The average molecular weight is 420 g/mol. The van der Waals surface area contributed by atoms with Crippen LogP contribution in [-0.2, 0) is 4.79 Å². The minimum absolute atomic E-state index is 0.120. The maximum atomic E-state index is 13.4. The summed E-state index contributed by atoms with van der Waals surface area (Å²) in [6.45, 7) is 4.26. The monoisotopic (exact) mass is 419 g/mol. The lowest BCUT2D eigenvalue weighted by molar-refractivity contribution is -0.128. The van der Waals surface area contributed by atoms with Gasteiger partial charge in [0.1, 0.15) is 11.2 Å². The molecule has 0 radical (unpaired) electrons. The van der Waals surface area contributed by atoms with Crippen molar-refractivity contribution in [3.05, 3.63) is 58.0 Å². The first kappa shape index (κ1) is 19.4. The average Bonchev–Trinajstić information content (AvgIpc) is 3.36. The van der Waals surface area contributed by atoms with Crippen molar-refractivity contribution in [1.29, 1.82) is 0 Å². The lowest BCUT2D eigenvalue weighted by Gasteiger charge is -2.36. The first-order valence-electron chi connectivity index (χ1n) is 9.32. The number of hydrogen-bond donors (Lipinski definition) is 0. The van der Waals surface area contributed by atoms with E-state index in [0.29, 0.717) is 31.0 Å². The van der Waals surface area contributed by atoms with E-state index in [1.54, 1.807) is 40.1 Å². The second-order valence-corrected chi connectivity index (χ2v) is 8.80. The molecule has 2 amide bonds. The molecule has 1 aromatic heterocycles. The third-order valence-corrected chi connectivity index (χ3v) is 7.14. The van der Waals surface area contributed by atoms with Crippen LogP contribution < -0.4 is 0 Å². The van der Waals surface area contributed by atoms with Crippen molar-refractivity contribution in [2.24, 2.45) is 0 Å². The van der Waals surface area contributed by atoms with Crippen molar-refractivity contribution in [1.82, 2.24) is 14.7 Å². The fourth-order valence-electron chi connectivity index (χ4n) is 3.62. The molecule has 0 bridgehead atoms. The molecule has 0 saturated carbocycles. The summed E-state index contributed by atoms with van der Waals surface area (Å²) < 4.78 is 13.4. The summed E-state index contributed by atoms with van der Waals surface area (Å²) in [6, 6.07) is 7.93. The van der Waals surface area contributed by atoms with E-state index in [1.807, 2.05) is 10.3 Å². The summed E-state index contributed by atoms with van der Waals surface area (Å²) in [5.74, 6) is 0.220. The Morgan fingerprint density at radius 2 is 1.96 bits per heavy atom. The van der Waals surface area contributed by atoms with Crippen LogP contribution >= 0.6 is 23.1 Å². The van der Waals surface area contributed by atoms with Crippen molar-refractivity contribution >= 4 is 34.9 Å². The number of rotatable bonds is 5. The van der Waals surface area contributed by atoms with Gasteiger partial charge in [0.05, 0.1) is 5.75 Å². The third kappa shape index (κ3) is 4.24. The van der Waals surface area contributed by atoms with Gasteiger partial charge < -0.3 is 9.80 Å².